The van der Waals surface area contributed by atoms with Crippen molar-refractivity contribution >= 4 is 23.7 Å². The summed E-state index contributed by atoms with van der Waals surface area (Å²) >= 11 is 2.01. The molecule has 2 aromatic rings. The number of aromatic nitrogens is 5. The Morgan fingerprint density at radius 1 is 1.35 bits per heavy atom. The normalized spacial score (nSPS) is 18.1. The van der Waals surface area contributed by atoms with Crippen LogP contribution in [0.4, 0.5) is 11.9 Å². The molecule has 0 radical (unpaired) electrons. The SMILES string of the molecule is CNc1nc(NCC2CCSC2)nc(-n2ccnc2)n1. The summed E-state index contributed by atoms with van der Waals surface area (Å²) in [6, 6.07) is 0. The van der Waals surface area contributed by atoms with E-state index < -0.39 is 0 Å². The van der Waals surface area contributed by atoms with Crippen LogP contribution in [0, 0.1) is 5.92 Å². The highest BCUT2D eigenvalue weighted by molar-refractivity contribution is 7.99. The Labute approximate surface area is 121 Å². The van der Waals surface area contributed by atoms with E-state index in [2.05, 4.69) is 30.6 Å². The zero-order valence-electron chi connectivity index (χ0n) is 11.3. The number of hydrogen-bond acceptors (Lipinski definition) is 7. The van der Waals surface area contributed by atoms with Crippen molar-refractivity contribution in [1.82, 2.24) is 24.5 Å². The third-order valence-electron chi connectivity index (χ3n) is 3.16. The van der Waals surface area contributed by atoms with Crippen LogP contribution in [0.2, 0.25) is 0 Å². The molecule has 0 amide bonds. The van der Waals surface area contributed by atoms with E-state index in [1.54, 1.807) is 24.1 Å². The molecular weight excluding hydrogens is 274 g/mol. The second kappa shape index (κ2) is 6.08. The van der Waals surface area contributed by atoms with Crippen LogP contribution in [-0.4, -0.2) is 49.6 Å². The number of hydrogen-bond donors (Lipinski definition) is 2. The van der Waals surface area contributed by atoms with Crippen LogP contribution in [0.15, 0.2) is 18.7 Å². The Bertz CT molecular complexity index is 551. The lowest BCUT2D eigenvalue weighted by Gasteiger charge is -2.11. The Morgan fingerprint density at radius 2 is 2.25 bits per heavy atom. The maximum absolute atomic E-state index is 4.43. The zero-order valence-corrected chi connectivity index (χ0v) is 12.1. The smallest absolute Gasteiger partial charge is 0.241 e. The maximum atomic E-state index is 4.43. The standard InChI is InChI=1S/C12H17N7S/c1-13-10-16-11(15-6-9-2-5-20-7-9)18-12(17-10)19-4-3-14-8-19/h3-4,8-9H,2,5-7H2,1H3,(H2,13,15,16,17,18). The van der Waals surface area contributed by atoms with Gasteiger partial charge in [0.2, 0.25) is 17.8 Å². The number of imidazole rings is 1. The number of nitrogens with zero attached hydrogens (tertiary/aromatic N) is 5. The molecule has 7 nitrogen and oxygen atoms in total. The fourth-order valence-corrected chi connectivity index (χ4v) is 3.31. The topological polar surface area (TPSA) is 80.5 Å². The van der Waals surface area contributed by atoms with Gasteiger partial charge in [0.25, 0.3) is 0 Å². The Morgan fingerprint density at radius 3 is 2.95 bits per heavy atom. The largest absolute Gasteiger partial charge is 0.357 e. The predicted octanol–water partition coefficient (Wildman–Crippen LogP) is 1.26. The third kappa shape index (κ3) is 3.01. The van der Waals surface area contributed by atoms with Gasteiger partial charge in [0.1, 0.15) is 6.33 Å². The molecule has 8 heteroatoms. The van der Waals surface area contributed by atoms with Gasteiger partial charge in [0, 0.05) is 26.0 Å². The molecule has 1 atom stereocenters. The van der Waals surface area contributed by atoms with Gasteiger partial charge in [0.15, 0.2) is 0 Å². The van der Waals surface area contributed by atoms with Crippen molar-refractivity contribution in [3.8, 4) is 5.95 Å². The molecule has 0 bridgehead atoms. The van der Waals surface area contributed by atoms with E-state index in [1.165, 1.54) is 17.9 Å². The first-order chi connectivity index (χ1) is 9.85. The quantitative estimate of drug-likeness (QED) is 0.858. The second-order valence-electron chi connectivity index (χ2n) is 4.61. The molecule has 0 aliphatic carbocycles. The lowest BCUT2D eigenvalue weighted by molar-refractivity contribution is 0.628. The van der Waals surface area contributed by atoms with Gasteiger partial charge >= 0.3 is 0 Å². The molecular formula is C12H17N7S. The third-order valence-corrected chi connectivity index (χ3v) is 4.39. The van der Waals surface area contributed by atoms with Gasteiger partial charge < -0.3 is 10.6 Å². The molecule has 0 aromatic carbocycles. The van der Waals surface area contributed by atoms with Crippen molar-refractivity contribution in [3.05, 3.63) is 18.7 Å². The minimum Gasteiger partial charge on any atom is -0.357 e. The van der Waals surface area contributed by atoms with Crippen LogP contribution in [0.3, 0.4) is 0 Å². The Balaban J connectivity index is 1.77. The van der Waals surface area contributed by atoms with Crippen molar-refractivity contribution in [2.75, 3.05) is 35.7 Å². The van der Waals surface area contributed by atoms with Crippen molar-refractivity contribution in [2.45, 2.75) is 6.42 Å². The van der Waals surface area contributed by atoms with E-state index in [0.29, 0.717) is 23.8 Å². The molecule has 106 valence electrons. The number of thioether (sulfide) groups is 1. The Kier molecular flexibility index (Phi) is 4.00. The first kappa shape index (κ1) is 13.2. The van der Waals surface area contributed by atoms with Gasteiger partial charge in [0.05, 0.1) is 0 Å². The summed E-state index contributed by atoms with van der Waals surface area (Å²) < 4.78 is 1.76. The molecule has 3 rings (SSSR count). The molecule has 1 fully saturated rings. The van der Waals surface area contributed by atoms with Gasteiger partial charge in [-0.2, -0.15) is 26.7 Å². The molecule has 0 saturated carbocycles. The van der Waals surface area contributed by atoms with Crippen molar-refractivity contribution in [2.24, 2.45) is 5.92 Å². The lowest BCUT2D eigenvalue weighted by Crippen LogP contribution is -2.17. The van der Waals surface area contributed by atoms with Gasteiger partial charge in [-0.25, -0.2) is 4.98 Å². The summed E-state index contributed by atoms with van der Waals surface area (Å²) in [4.78, 5) is 17.1. The van der Waals surface area contributed by atoms with E-state index in [-0.39, 0.29) is 0 Å². The molecule has 1 saturated heterocycles. The number of nitrogens with one attached hydrogen (secondary N) is 2. The minimum atomic E-state index is 0.548. The average molecular weight is 291 g/mol. The monoisotopic (exact) mass is 291 g/mol. The van der Waals surface area contributed by atoms with Crippen molar-refractivity contribution < 1.29 is 0 Å². The fraction of sp³-hybridized carbons (Fsp3) is 0.500. The summed E-state index contributed by atoms with van der Waals surface area (Å²) in [5, 5.41) is 6.27. The minimum absolute atomic E-state index is 0.548. The molecule has 1 aliphatic heterocycles. The molecule has 3 heterocycles. The van der Waals surface area contributed by atoms with Crippen LogP contribution < -0.4 is 10.6 Å². The average Bonchev–Trinajstić information content (AvgIpc) is 3.17. The van der Waals surface area contributed by atoms with E-state index >= 15 is 0 Å². The van der Waals surface area contributed by atoms with E-state index in [4.69, 9.17) is 0 Å². The predicted molar refractivity (Wildman–Crippen MR) is 80.4 cm³/mol. The highest BCUT2D eigenvalue weighted by Gasteiger charge is 2.16. The lowest BCUT2D eigenvalue weighted by atomic mass is 10.1. The van der Waals surface area contributed by atoms with E-state index in [1.807, 2.05) is 18.0 Å². The van der Waals surface area contributed by atoms with Crippen molar-refractivity contribution in [1.29, 1.82) is 0 Å². The van der Waals surface area contributed by atoms with Gasteiger partial charge in [-0.3, -0.25) is 4.57 Å². The molecule has 2 N–H and O–H groups in total. The second-order valence-corrected chi connectivity index (χ2v) is 5.76. The maximum Gasteiger partial charge on any atom is 0.241 e. The Hall–Kier alpha value is -1.83. The first-order valence-electron chi connectivity index (χ1n) is 6.59. The summed E-state index contributed by atoms with van der Waals surface area (Å²) in [6.07, 6.45) is 6.44. The molecule has 2 aromatic heterocycles. The number of rotatable bonds is 5. The van der Waals surface area contributed by atoms with Gasteiger partial charge in [-0.15, -0.1) is 0 Å². The van der Waals surface area contributed by atoms with Gasteiger partial charge in [-0.1, -0.05) is 0 Å². The highest BCUT2D eigenvalue weighted by atomic mass is 32.2. The summed E-state index contributed by atoms with van der Waals surface area (Å²) in [5.41, 5.74) is 0. The summed E-state index contributed by atoms with van der Waals surface area (Å²) in [7, 11) is 1.80. The van der Waals surface area contributed by atoms with Crippen LogP contribution in [0.25, 0.3) is 5.95 Å². The zero-order chi connectivity index (χ0) is 13.8. The van der Waals surface area contributed by atoms with Crippen LogP contribution >= 0.6 is 11.8 Å². The highest BCUT2D eigenvalue weighted by Crippen LogP contribution is 2.23. The van der Waals surface area contributed by atoms with Crippen LogP contribution in [-0.2, 0) is 0 Å². The first-order valence-corrected chi connectivity index (χ1v) is 7.74. The molecule has 1 unspecified atom stereocenters. The summed E-state index contributed by atoms with van der Waals surface area (Å²) in [6.45, 7) is 0.906. The fourth-order valence-electron chi connectivity index (χ4n) is 2.03. The molecule has 20 heavy (non-hydrogen) atoms. The van der Waals surface area contributed by atoms with Crippen LogP contribution in [0.1, 0.15) is 6.42 Å². The van der Waals surface area contributed by atoms with E-state index in [0.717, 1.165) is 6.54 Å². The van der Waals surface area contributed by atoms with Crippen LogP contribution in [0.5, 0.6) is 0 Å². The van der Waals surface area contributed by atoms with Crippen molar-refractivity contribution in [3.63, 3.8) is 0 Å². The molecule has 0 spiro atoms. The molecule has 1 aliphatic rings. The summed E-state index contributed by atoms with van der Waals surface area (Å²) in [5.74, 6) is 4.88. The number of anilines is 2. The van der Waals surface area contributed by atoms with Gasteiger partial charge in [-0.05, 0) is 23.8 Å². The van der Waals surface area contributed by atoms with E-state index in [9.17, 15) is 0 Å².